The molecule has 0 atom stereocenters. The first kappa shape index (κ1) is 14.9. The first-order valence-electron chi connectivity index (χ1n) is 6.74. The summed E-state index contributed by atoms with van der Waals surface area (Å²) in [6, 6.07) is 9.90. The normalized spacial score (nSPS) is 11.0. The summed E-state index contributed by atoms with van der Waals surface area (Å²) in [6.07, 6.45) is 1.46. The van der Waals surface area contributed by atoms with E-state index in [1.54, 1.807) is 24.3 Å². The second-order valence-electron chi connectivity index (χ2n) is 4.86. The topological polar surface area (TPSA) is 99.5 Å². The highest BCUT2D eigenvalue weighted by molar-refractivity contribution is 7.00. The smallest absolute Gasteiger partial charge is 0.339 e. The van der Waals surface area contributed by atoms with E-state index < -0.39 is 6.03 Å². The lowest BCUT2D eigenvalue weighted by atomic mass is 10.1. The van der Waals surface area contributed by atoms with E-state index in [1.165, 1.54) is 6.21 Å². The average molecular weight is 327 g/mol. The van der Waals surface area contributed by atoms with Crippen LogP contribution in [0.4, 0.5) is 10.5 Å². The lowest BCUT2D eigenvalue weighted by Gasteiger charge is -2.04. The zero-order valence-corrected chi connectivity index (χ0v) is 13.0. The molecular formula is C15H13N5O2S. The van der Waals surface area contributed by atoms with Gasteiger partial charge in [-0.25, -0.2) is 10.2 Å². The summed E-state index contributed by atoms with van der Waals surface area (Å²) in [5, 5.41) is 16.0. The number of phenols is 1. The Bertz CT molecular complexity index is 870. The molecule has 7 nitrogen and oxygen atoms in total. The van der Waals surface area contributed by atoms with Crippen molar-refractivity contribution >= 4 is 40.7 Å². The number of aryl methyl sites for hydroxylation is 1. The SMILES string of the molecule is Cc1cc(O)cc(/C=N/NC(=O)Nc2cccc3nsnc23)c1. The highest BCUT2D eigenvalue weighted by Gasteiger charge is 2.07. The molecule has 2 amide bonds. The molecule has 8 heteroatoms. The number of urea groups is 1. The molecule has 1 heterocycles. The van der Waals surface area contributed by atoms with E-state index in [4.69, 9.17) is 0 Å². The number of hydrogen-bond acceptors (Lipinski definition) is 6. The van der Waals surface area contributed by atoms with E-state index in [0.29, 0.717) is 16.8 Å². The van der Waals surface area contributed by atoms with Gasteiger partial charge in [-0.2, -0.15) is 13.8 Å². The van der Waals surface area contributed by atoms with Crippen molar-refractivity contribution in [3.63, 3.8) is 0 Å². The third-order valence-corrected chi connectivity index (χ3v) is 3.54. The minimum Gasteiger partial charge on any atom is -0.508 e. The van der Waals surface area contributed by atoms with Gasteiger partial charge in [0.2, 0.25) is 0 Å². The lowest BCUT2D eigenvalue weighted by molar-refractivity contribution is 0.252. The molecule has 116 valence electrons. The predicted octanol–water partition coefficient (Wildman–Crippen LogP) is 2.86. The molecule has 0 aliphatic rings. The second-order valence-corrected chi connectivity index (χ2v) is 5.39. The average Bonchev–Trinajstić information content (AvgIpc) is 2.96. The molecule has 3 aromatic rings. The minimum absolute atomic E-state index is 0.151. The largest absolute Gasteiger partial charge is 0.508 e. The Morgan fingerprint density at radius 2 is 2.17 bits per heavy atom. The van der Waals surface area contributed by atoms with Crippen LogP contribution in [0.2, 0.25) is 0 Å². The van der Waals surface area contributed by atoms with Crippen LogP contribution in [-0.4, -0.2) is 26.1 Å². The van der Waals surface area contributed by atoms with Gasteiger partial charge in [0, 0.05) is 0 Å². The summed E-state index contributed by atoms with van der Waals surface area (Å²) in [6.45, 7) is 1.86. The van der Waals surface area contributed by atoms with Crippen LogP contribution >= 0.6 is 11.7 Å². The van der Waals surface area contributed by atoms with E-state index in [-0.39, 0.29) is 5.75 Å². The number of nitrogens with zero attached hydrogens (tertiary/aromatic N) is 3. The van der Waals surface area contributed by atoms with Crippen LogP contribution in [0.15, 0.2) is 41.5 Å². The Hall–Kier alpha value is -3.00. The van der Waals surface area contributed by atoms with Gasteiger partial charge in [0.05, 0.1) is 23.6 Å². The summed E-state index contributed by atoms with van der Waals surface area (Å²) in [4.78, 5) is 11.9. The highest BCUT2D eigenvalue weighted by Crippen LogP contribution is 2.20. The standard InChI is InChI=1S/C15H13N5O2S/c1-9-5-10(7-11(21)6-9)8-16-18-15(22)17-12-3-2-4-13-14(12)20-23-19-13/h2-8,21H,1H3,(H2,17,18,22)/b16-8+. The van der Waals surface area contributed by atoms with Crippen LogP contribution < -0.4 is 10.7 Å². The number of aromatic nitrogens is 2. The van der Waals surface area contributed by atoms with Crippen LogP contribution in [0, 0.1) is 6.92 Å². The number of hydrogen-bond donors (Lipinski definition) is 3. The van der Waals surface area contributed by atoms with Crippen molar-refractivity contribution in [2.75, 3.05) is 5.32 Å². The number of hydrazone groups is 1. The number of nitrogens with one attached hydrogen (secondary N) is 2. The van der Waals surface area contributed by atoms with Gasteiger partial charge in [0.1, 0.15) is 16.8 Å². The fourth-order valence-electron chi connectivity index (χ4n) is 2.09. The minimum atomic E-state index is -0.487. The maximum atomic E-state index is 11.9. The number of amides is 2. The molecule has 0 saturated heterocycles. The number of carbonyl (C=O) groups is 1. The Morgan fingerprint density at radius 3 is 3.00 bits per heavy atom. The molecule has 0 aliphatic heterocycles. The molecule has 0 radical (unpaired) electrons. The van der Waals surface area contributed by atoms with Crippen molar-refractivity contribution in [1.29, 1.82) is 0 Å². The molecule has 0 spiro atoms. The van der Waals surface area contributed by atoms with E-state index >= 15 is 0 Å². The summed E-state index contributed by atoms with van der Waals surface area (Å²) in [7, 11) is 0. The second kappa shape index (κ2) is 6.41. The van der Waals surface area contributed by atoms with E-state index in [9.17, 15) is 9.90 Å². The molecule has 0 unspecified atom stereocenters. The van der Waals surface area contributed by atoms with Crippen molar-refractivity contribution in [1.82, 2.24) is 14.2 Å². The van der Waals surface area contributed by atoms with Crippen molar-refractivity contribution in [3.05, 3.63) is 47.5 Å². The summed E-state index contributed by atoms with van der Waals surface area (Å²) < 4.78 is 8.25. The Labute approximate surface area is 136 Å². The van der Waals surface area contributed by atoms with Gasteiger partial charge in [-0.05, 0) is 42.3 Å². The quantitative estimate of drug-likeness (QED) is 0.509. The number of rotatable bonds is 3. The number of aromatic hydroxyl groups is 1. The van der Waals surface area contributed by atoms with Gasteiger partial charge in [-0.3, -0.25) is 0 Å². The molecule has 0 bridgehead atoms. The fourth-order valence-corrected chi connectivity index (χ4v) is 2.64. The monoisotopic (exact) mass is 327 g/mol. The van der Waals surface area contributed by atoms with Crippen LogP contribution in [0.5, 0.6) is 5.75 Å². The Morgan fingerprint density at radius 1 is 1.30 bits per heavy atom. The molecule has 23 heavy (non-hydrogen) atoms. The van der Waals surface area contributed by atoms with Crippen LogP contribution in [-0.2, 0) is 0 Å². The van der Waals surface area contributed by atoms with Gasteiger partial charge in [0.15, 0.2) is 0 Å². The van der Waals surface area contributed by atoms with E-state index in [0.717, 1.165) is 22.8 Å². The zero-order chi connectivity index (χ0) is 16.2. The molecule has 0 fully saturated rings. The summed E-state index contributed by atoms with van der Waals surface area (Å²) in [5.74, 6) is 0.151. The third kappa shape index (κ3) is 3.61. The third-order valence-electron chi connectivity index (χ3n) is 3.00. The lowest BCUT2D eigenvalue weighted by Crippen LogP contribution is -2.24. The molecular weight excluding hydrogens is 314 g/mol. The first-order valence-corrected chi connectivity index (χ1v) is 7.47. The summed E-state index contributed by atoms with van der Waals surface area (Å²) in [5.41, 5.74) is 5.89. The van der Waals surface area contributed by atoms with Crippen LogP contribution in [0.1, 0.15) is 11.1 Å². The van der Waals surface area contributed by atoms with E-state index in [1.807, 2.05) is 19.1 Å². The van der Waals surface area contributed by atoms with E-state index in [2.05, 4.69) is 24.6 Å². The molecule has 0 saturated carbocycles. The van der Waals surface area contributed by atoms with Crippen molar-refractivity contribution < 1.29 is 9.90 Å². The Kier molecular flexibility index (Phi) is 4.15. The fraction of sp³-hybridized carbons (Fsp3) is 0.0667. The molecule has 0 aliphatic carbocycles. The molecule has 1 aromatic heterocycles. The highest BCUT2D eigenvalue weighted by atomic mass is 32.1. The number of phenolic OH excluding ortho intramolecular Hbond substituents is 1. The van der Waals surface area contributed by atoms with Crippen LogP contribution in [0.25, 0.3) is 11.0 Å². The molecule has 3 N–H and O–H groups in total. The molecule has 2 aromatic carbocycles. The summed E-state index contributed by atoms with van der Waals surface area (Å²) >= 11 is 1.09. The van der Waals surface area contributed by atoms with Gasteiger partial charge in [-0.1, -0.05) is 12.1 Å². The maximum Gasteiger partial charge on any atom is 0.339 e. The van der Waals surface area contributed by atoms with Gasteiger partial charge in [-0.15, -0.1) is 0 Å². The Balaban J connectivity index is 1.65. The van der Waals surface area contributed by atoms with Crippen molar-refractivity contribution in [2.24, 2.45) is 5.10 Å². The maximum absolute atomic E-state index is 11.9. The number of fused-ring (bicyclic) bond motifs is 1. The number of benzene rings is 2. The number of anilines is 1. The van der Waals surface area contributed by atoms with Gasteiger partial charge < -0.3 is 10.4 Å². The van der Waals surface area contributed by atoms with Gasteiger partial charge in [0.25, 0.3) is 0 Å². The molecule has 3 rings (SSSR count). The first-order chi connectivity index (χ1) is 11.1. The number of carbonyl (C=O) groups excluding carboxylic acids is 1. The predicted molar refractivity (Wildman–Crippen MR) is 90.0 cm³/mol. The van der Waals surface area contributed by atoms with Crippen molar-refractivity contribution in [2.45, 2.75) is 6.92 Å². The zero-order valence-electron chi connectivity index (χ0n) is 12.1. The van der Waals surface area contributed by atoms with Crippen molar-refractivity contribution in [3.8, 4) is 5.75 Å². The van der Waals surface area contributed by atoms with Gasteiger partial charge >= 0.3 is 6.03 Å². The van der Waals surface area contributed by atoms with Crippen LogP contribution in [0.3, 0.4) is 0 Å².